The normalized spacial score (nSPS) is 24.8. The van der Waals surface area contributed by atoms with Crippen LogP contribution in [0.3, 0.4) is 0 Å². The molecule has 4 rings (SSSR count). The standard InChI is InChI=1S/C18H18BN3/c19-9-16-14-7-10-3-1-2-4-12(10)17(14)13-8-11(18(20)21)5-6-15(13)22-16/h1-6,8,14,16-17,22H,7,9H2,(H3,20,21). The molecule has 1 aliphatic carbocycles. The average Bonchev–Trinajstić information content (AvgIpc) is 2.93. The van der Waals surface area contributed by atoms with Crippen LogP contribution in [-0.2, 0) is 6.42 Å². The quantitative estimate of drug-likeness (QED) is 0.452. The zero-order valence-corrected chi connectivity index (χ0v) is 12.3. The van der Waals surface area contributed by atoms with Crippen molar-refractivity contribution in [2.45, 2.75) is 24.7 Å². The van der Waals surface area contributed by atoms with Gasteiger partial charge in [-0.05, 0) is 47.2 Å². The Kier molecular flexibility index (Phi) is 3.00. The Morgan fingerprint density at radius 2 is 2.05 bits per heavy atom. The van der Waals surface area contributed by atoms with Crippen molar-refractivity contribution in [2.75, 3.05) is 5.32 Å². The van der Waals surface area contributed by atoms with Gasteiger partial charge in [0.2, 0.25) is 0 Å². The minimum atomic E-state index is 0.117. The first kappa shape index (κ1) is 13.4. The number of amidine groups is 1. The van der Waals surface area contributed by atoms with E-state index in [4.69, 9.17) is 19.0 Å². The minimum absolute atomic E-state index is 0.117. The number of anilines is 1. The number of nitrogens with two attached hydrogens (primary N) is 1. The van der Waals surface area contributed by atoms with E-state index in [2.05, 4.69) is 35.6 Å². The van der Waals surface area contributed by atoms with E-state index in [1.165, 1.54) is 16.7 Å². The Hall–Kier alpha value is -2.23. The highest BCUT2D eigenvalue weighted by Crippen LogP contribution is 2.50. The first-order chi connectivity index (χ1) is 10.7. The number of fused-ring (bicyclic) bond motifs is 5. The molecule has 22 heavy (non-hydrogen) atoms. The number of benzene rings is 2. The summed E-state index contributed by atoms with van der Waals surface area (Å²) in [6.45, 7) is 0. The molecule has 2 aromatic carbocycles. The molecule has 1 aliphatic heterocycles. The highest BCUT2D eigenvalue weighted by Gasteiger charge is 2.41. The van der Waals surface area contributed by atoms with Crippen molar-refractivity contribution in [2.24, 2.45) is 11.7 Å². The van der Waals surface area contributed by atoms with E-state index in [9.17, 15) is 0 Å². The van der Waals surface area contributed by atoms with Gasteiger partial charge < -0.3 is 11.1 Å². The van der Waals surface area contributed by atoms with Crippen molar-refractivity contribution in [3.8, 4) is 0 Å². The van der Waals surface area contributed by atoms with Gasteiger partial charge in [0, 0.05) is 23.2 Å². The van der Waals surface area contributed by atoms with Crippen LogP contribution < -0.4 is 11.1 Å². The fourth-order valence-electron chi connectivity index (χ4n) is 4.06. The fraction of sp³-hybridized carbons (Fsp3) is 0.278. The van der Waals surface area contributed by atoms with Crippen molar-refractivity contribution in [1.29, 1.82) is 5.41 Å². The smallest absolute Gasteiger partial charge is 0.122 e. The summed E-state index contributed by atoms with van der Waals surface area (Å²) in [7, 11) is 6.01. The molecule has 2 radical (unpaired) electrons. The second-order valence-electron chi connectivity index (χ2n) is 6.25. The predicted molar refractivity (Wildman–Crippen MR) is 90.9 cm³/mol. The van der Waals surface area contributed by atoms with Crippen LogP contribution in [0.2, 0.25) is 6.32 Å². The minimum Gasteiger partial charge on any atom is -0.384 e. The monoisotopic (exact) mass is 287 g/mol. The Morgan fingerprint density at radius 3 is 2.82 bits per heavy atom. The van der Waals surface area contributed by atoms with Gasteiger partial charge in [0.1, 0.15) is 5.84 Å². The summed E-state index contributed by atoms with van der Waals surface area (Å²) in [4.78, 5) is 0. The molecule has 0 aromatic heterocycles. The average molecular weight is 287 g/mol. The van der Waals surface area contributed by atoms with Crippen LogP contribution in [0.15, 0.2) is 42.5 Å². The lowest BCUT2D eigenvalue weighted by molar-refractivity contribution is 0.432. The lowest BCUT2D eigenvalue weighted by atomic mass is 9.74. The summed E-state index contributed by atoms with van der Waals surface area (Å²) in [5.41, 5.74) is 11.6. The third-order valence-corrected chi connectivity index (χ3v) is 5.08. The molecule has 0 saturated heterocycles. The molecule has 1 heterocycles. The molecular formula is C18H18BN3. The molecule has 3 nitrogen and oxygen atoms in total. The van der Waals surface area contributed by atoms with Gasteiger partial charge in [0.05, 0.1) is 7.85 Å². The summed E-state index contributed by atoms with van der Waals surface area (Å²) in [6.07, 6.45) is 1.68. The van der Waals surface area contributed by atoms with Crippen molar-refractivity contribution in [1.82, 2.24) is 0 Å². The molecule has 3 unspecified atom stereocenters. The van der Waals surface area contributed by atoms with Crippen LogP contribution >= 0.6 is 0 Å². The predicted octanol–water partition coefficient (Wildman–Crippen LogP) is 2.66. The van der Waals surface area contributed by atoms with E-state index >= 15 is 0 Å². The zero-order valence-electron chi connectivity index (χ0n) is 12.3. The van der Waals surface area contributed by atoms with Gasteiger partial charge in [-0.2, -0.15) is 0 Å². The molecule has 3 atom stereocenters. The highest BCUT2D eigenvalue weighted by atomic mass is 14.9. The van der Waals surface area contributed by atoms with Crippen molar-refractivity contribution >= 4 is 19.4 Å². The molecule has 2 aliphatic rings. The highest BCUT2D eigenvalue weighted by molar-refractivity contribution is 6.09. The molecule has 108 valence electrons. The van der Waals surface area contributed by atoms with E-state index in [1.54, 1.807) is 0 Å². The second-order valence-corrected chi connectivity index (χ2v) is 6.25. The summed E-state index contributed by atoms with van der Waals surface area (Å²) >= 11 is 0. The van der Waals surface area contributed by atoms with Crippen molar-refractivity contribution in [3.63, 3.8) is 0 Å². The van der Waals surface area contributed by atoms with Gasteiger partial charge in [-0.3, -0.25) is 5.41 Å². The van der Waals surface area contributed by atoms with E-state index in [1.807, 2.05) is 12.1 Å². The van der Waals surface area contributed by atoms with Crippen molar-refractivity contribution in [3.05, 3.63) is 64.7 Å². The van der Waals surface area contributed by atoms with Gasteiger partial charge >= 0.3 is 0 Å². The molecule has 4 N–H and O–H groups in total. The number of hydrogen-bond donors (Lipinski definition) is 3. The summed E-state index contributed by atoms with van der Waals surface area (Å²) < 4.78 is 0. The van der Waals surface area contributed by atoms with Crippen molar-refractivity contribution < 1.29 is 0 Å². The fourth-order valence-corrected chi connectivity index (χ4v) is 4.06. The van der Waals surface area contributed by atoms with Crippen LogP contribution in [0.4, 0.5) is 5.69 Å². The number of hydrogen-bond acceptors (Lipinski definition) is 2. The van der Waals surface area contributed by atoms with E-state index in [0.717, 1.165) is 17.7 Å². The molecule has 4 heteroatoms. The largest absolute Gasteiger partial charge is 0.384 e. The third-order valence-electron chi connectivity index (χ3n) is 5.08. The lowest BCUT2D eigenvalue weighted by Gasteiger charge is -2.37. The molecule has 0 amide bonds. The third kappa shape index (κ3) is 1.87. The molecule has 0 bridgehead atoms. The zero-order chi connectivity index (χ0) is 15.3. The van der Waals surface area contributed by atoms with Crippen LogP contribution in [-0.4, -0.2) is 19.7 Å². The first-order valence-electron chi connectivity index (χ1n) is 7.72. The van der Waals surface area contributed by atoms with E-state index in [0.29, 0.717) is 18.2 Å². The second kappa shape index (κ2) is 4.91. The molecule has 0 saturated carbocycles. The molecular weight excluding hydrogens is 269 g/mol. The van der Waals surface area contributed by atoms with E-state index in [-0.39, 0.29) is 11.9 Å². The molecule has 2 aromatic rings. The maximum absolute atomic E-state index is 7.70. The van der Waals surface area contributed by atoms with Gasteiger partial charge in [-0.15, -0.1) is 0 Å². The maximum Gasteiger partial charge on any atom is 0.122 e. The van der Waals surface area contributed by atoms with Gasteiger partial charge in [-0.1, -0.05) is 30.6 Å². The van der Waals surface area contributed by atoms with E-state index < -0.39 is 0 Å². The van der Waals surface area contributed by atoms with Crippen LogP contribution in [0.25, 0.3) is 0 Å². The van der Waals surface area contributed by atoms with Crippen LogP contribution in [0.5, 0.6) is 0 Å². The van der Waals surface area contributed by atoms with Gasteiger partial charge in [0.25, 0.3) is 0 Å². The summed E-state index contributed by atoms with van der Waals surface area (Å²) in [6, 6.07) is 14.9. The Balaban J connectivity index is 1.90. The summed E-state index contributed by atoms with van der Waals surface area (Å²) in [5.74, 6) is 0.934. The van der Waals surface area contributed by atoms with Gasteiger partial charge in [-0.25, -0.2) is 0 Å². The number of nitrogen functional groups attached to an aromatic ring is 1. The number of rotatable bonds is 2. The van der Waals surface area contributed by atoms with Gasteiger partial charge in [0.15, 0.2) is 0 Å². The first-order valence-corrected chi connectivity index (χ1v) is 7.72. The lowest BCUT2D eigenvalue weighted by Crippen LogP contribution is -2.36. The summed E-state index contributed by atoms with van der Waals surface area (Å²) in [5, 5.41) is 11.3. The molecule has 0 fully saturated rings. The molecule has 0 spiro atoms. The Morgan fingerprint density at radius 1 is 1.23 bits per heavy atom. The Bertz CT molecular complexity index is 756. The topological polar surface area (TPSA) is 61.9 Å². The SMILES string of the molecule is [B]CC1Nc2ccc(C(=N)N)cc2C2c3ccccc3CC12. The van der Waals surface area contributed by atoms with Crippen LogP contribution in [0, 0.1) is 11.3 Å². The number of nitrogens with one attached hydrogen (secondary N) is 2. The maximum atomic E-state index is 7.70. The Labute approximate surface area is 131 Å². The van der Waals surface area contributed by atoms with Crippen LogP contribution in [0.1, 0.15) is 28.2 Å².